The van der Waals surface area contributed by atoms with Crippen LogP contribution in [0.25, 0.3) is 10.2 Å². The van der Waals surface area contributed by atoms with E-state index in [9.17, 15) is 0 Å². The number of aromatic nitrogens is 3. The molecule has 0 saturated carbocycles. The standard InChI is InChI=1S/C18H20N4O2S/c1-12-20-17(14-6-9-25-18(14)21-12)22-15-5-8-23-11-16(15)24-10-13-4-2-3-7-19-13/h2-4,6-7,9,15-16H,5,8,10-11H2,1H3,(H,20,21,22)/t15-,16-/m1/s1. The van der Waals surface area contributed by atoms with Crippen LogP contribution in [0.3, 0.4) is 0 Å². The fraction of sp³-hybridized carbons (Fsp3) is 0.389. The van der Waals surface area contributed by atoms with Gasteiger partial charge in [-0.1, -0.05) is 6.07 Å². The van der Waals surface area contributed by atoms with Crippen LogP contribution in [-0.4, -0.2) is 40.3 Å². The van der Waals surface area contributed by atoms with E-state index in [4.69, 9.17) is 9.47 Å². The highest BCUT2D eigenvalue weighted by atomic mass is 32.1. The molecule has 1 saturated heterocycles. The smallest absolute Gasteiger partial charge is 0.138 e. The predicted octanol–water partition coefficient (Wildman–Crippen LogP) is 3.18. The summed E-state index contributed by atoms with van der Waals surface area (Å²) in [6, 6.07) is 8.05. The summed E-state index contributed by atoms with van der Waals surface area (Å²) in [6.45, 7) is 3.69. The molecule has 0 spiro atoms. The Labute approximate surface area is 150 Å². The number of nitrogens with zero attached hydrogens (tertiary/aromatic N) is 3. The topological polar surface area (TPSA) is 69.2 Å². The van der Waals surface area contributed by atoms with Crippen molar-refractivity contribution in [1.82, 2.24) is 15.0 Å². The average Bonchev–Trinajstić information content (AvgIpc) is 3.10. The largest absolute Gasteiger partial charge is 0.379 e. The minimum Gasteiger partial charge on any atom is -0.379 e. The summed E-state index contributed by atoms with van der Waals surface area (Å²) in [5.41, 5.74) is 0.921. The van der Waals surface area contributed by atoms with Gasteiger partial charge in [0.05, 0.1) is 30.3 Å². The first-order valence-electron chi connectivity index (χ1n) is 8.37. The minimum absolute atomic E-state index is 0.0419. The van der Waals surface area contributed by atoms with Gasteiger partial charge in [0, 0.05) is 12.8 Å². The summed E-state index contributed by atoms with van der Waals surface area (Å²) >= 11 is 1.63. The highest BCUT2D eigenvalue weighted by Gasteiger charge is 2.27. The van der Waals surface area contributed by atoms with Crippen LogP contribution < -0.4 is 5.32 Å². The molecule has 0 aromatic carbocycles. The van der Waals surface area contributed by atoms with Gasteiger partial charge in [0.2, 0.25) is 0 Å². The average molecular weight is 356 g/mol. The van der Waals surface area contributed by atoms with Crippen molar-refractivity contribution < 1.29 is 9.47 Å². The Bertz CT molecular complexity index is 839. The molecule has 25 heavy (non-hydrogen) atoms. The van der Waals surface area contributed by atoms with Crippen molar-refractivity contribution in [3.05, 3.63) is 47.4 Å². The molecule has 0 radical (unpaired) electrons. The van der Waals surface area contributed by atoms with Crippen molar-refractivity contribution in [1.29, 1.82) is 0 Å². The first kappa shape index (κ1) is 16.4. The molecule has 130 valence electrons. The second-order valence-electron chi connectivity index (χ2n) is 6.04. The monoisotopic (exact) mass is 356 g/mol. The number of hydrogen-bond donors (Lipinski definition) is 1. The van der Waals surface area contributed by atoms with E-state index in [1.165, 1.54) is 0 Å². The maximum absolute atomic E-state index is 6.09. The zero-order chi connectivity index (χ0) is 17.1. The number of thiophene rings is 1. The van der Waals surface area contributed by atoms with E-state index >= 15 is 0 Å². The zero-order valence-electron chi connectivity index (χ0n) is 14.0. The van der Waals surface area contributed by atoms with Gasteiger partial charge in [0.15, 0.2) is 0 Å². The number of hydrogen-bond acceptors (Lipinski definition) is 7. The van der Waals surface area contributed by atoms with Crippen LogP contribution >= 0.6 is 11.3 Å². The number of nitrogens with one attached hydrogen (secondary N) is 1. The van der Waals surface area contributed by atoms with Crippen molar-refractivity contribution >= 4 is 27.4 Å². The third-order valence-corrected chi connectivity index (χ3v) is 5.04. The second kappa shape index (κ2) is 7.43. The molecule has 2 atom stereocenters. The van der Waals surface area contributed by atoms with Gasteiger partial charge in [-0.25, -0.2) is 9.97 Å². The molecule has 4 rings (SSSR count). The van der Waals surface area contributed by atoms with Gasteiger partial charge in [-0.05, 0) is 36.9 Å². The van der Waals surface area contributed by atoms with Crippen LogP contribution in [-0.2, 0) is 16.1 Å². The van der Waals surface area contributed by atoms with E-state index in [-0.39, 0.29) is 12.1 Å². The molecule has 0 unspecified atom stereocenters. The first-order chi connectivity index (χ1) is 12.3. The maximum Gasteiger partial charge on any atom is 0.138 e. The quantitative estimate of drug-likeness (QED) is 0.757. The molecule has 3 aromatic heterocycles. The van der Waals surface area contributed by atoms with Crippen LogP contribution in [0.4, 0.5) is 5.82 Å². The van der Waals surface area contributed by atoms with Crippen LogP contribution in [0.5, 0.6) is 0 Å². The van der Waals surface area contributed by atoms with Crippen LogP contribution in [0.2, 0.25) is 0 Å². The van der Waals surface area contributed by atoms with E-state index in [0.29, 0.717) is 13.2 Å². The van der Waals surface area contributed by atoms with Crippen LogP contribution in [0, 0.1) is 6.92 Å². The molecule has 6 nitrogen and oxygen atoms in total. The van der Waals surface area contributed by atoms with Crippen LogP contribution in [0.1, 0.15) is 17.9 Å². The number of fused-ring (bicyclic) bond motifs is 1. The van der Waals surface area contributed by atoms with Gasteiger partial charge in [-0.2, -0.15) is 0 Å². The van der Waals surface area contributed by atoms with Gasteiger partial charge in [0.25, 0.3) is 0 Å². The summed E-state index contributed by atoms with van der Waals surface area (Å²) in [4.78, 5) is 14.4. The maximum atomic E-state index is 6.09. The fourth-order valence-corrected chi connectivity index (χ4v) is 3.77. The molecule has 3 aromatic rings. The zero-order valence-corrected chi connectivity index (χ0v) is 14.8. The number of ether oxygens (including phenoxy) is 2. The summed E-state index contributed by atoms with van der Waals surface area (Å²) in [5.74, 6) is 1.65. The van der Waals surface area contributed by atoms with Crippen molar-refractivity contribution in [2.45, 2.75) is 32.1 Å². The molecule has 0 aliphatic carbocycles. The molecule has 1 N–H and O–H groups in total. The van der Waals surface area contributed by atoms with Crippen molar-refractivity contribution in [3.8, 4) is 0 Å². The van der Waals surface area contributed by atoms with Gasteiger partial charge < -0.3 is 14.8 Å². The van der Waals surface area contributed by atoms with Crippen LogP contribution in [0.15, 0.2) is 35.8 Å². The summed E-state index contributed by atoms with van der Waals surface area (Å²) in [7, 11) is 0. The molecule has 0 bridgehead atoms. The normalized spacial score (nSPS) is 20.7. The fourth-order valence-electron chi connectivity index (χ4n) is 2.96. The van der Waals surface area contributed by atoms with E-state index in [1.807, 2.05) is 30.5 Å². The van der Waals surface area contributed by atoms with E-state index in [2.05, 4.69) is 26.3 Å². The number of aryl methyl sites for hydroxylation is 1. The third-order valence-electron chi connectivity index (χ3n) is 4.23. The number of pyridine rings is 1. The Morgan fingerprint density at radius 3 is 3.16 bits per heavy atom. The summed E-state index contributed by atoms with van der Waals surface area (Å²) < 4.78 is 11.7. The molecule has 0 amide bonds. The Balaban J connectivity index is 1.49. The Morgan fingerprint density at radius 2 is 2.28 bits per heavy atom. The van der Waals surface area contributed by atoms with E-state index < -0.39 is 0 Å². The van der Waals surface area contributed by atoms with Gasteiger partial charge in [0.1, 0.15) is 22.6 Å². The van der Waals surface area contributed by atoms with Gasteiger partial charge >= 0.3 is 0 Å². The highest BCUT2D eigenvalue weighted by molar-refractivity contribution is 7.16. The molecular weight excluding hydrogens is 336 g/mol. The van der Waals surface area contributed by atoms with Crippen molar-refractivity contribution in [2.75, 3.05) is 18.5 Å². The number of anilines is 1. The summed E-state index contributed by atoms with van der Waals surface area (Å²) in [5, 5.41) is 6.67. The molecule has 4 heterocycles. The van der Waals surface area contributed by atoms with E-state index in [0.717, 1.165) is 40.6 Å². The molecule has 1 fully saturated rings. The second-order valence-corrected chi connectivity index (χ2v) is 6.94. The lowest BCUT2D eigenvalue weighted by Gasteiger charge is -2.32. The molecule has 1 aliphatic heterocycles. The molecular formula is C18H20N4O2S. The lowest BCUT2D eigenvalue weighted by Crippen LogP contribution is -2.44. The predicted molar refractivity (Wildman–Crippen MR) is 97.8 cm³/mol. The lowest BCUT2D eigenvalue weighted by molar-refractivity contribution is -0.0645. The van der Waals surface area contributed by atoms with Gasteiger partial charge in [-0.3, -0.25) is 4.98 Å². The molecule has 1 aliphatic rings. The Morgan fingerprint density at radius 1 is 1.32 bits per heavy atom. The third kappa shape index (κ3) is 3.78. The Hall–Kier alpha value is -2.09. The SMILES string of the molecule is Cc1nc(N[C@@H]2CCOC[C@H]2OCc2ccccn2)c2ccsc2n1. The van der Waals surface area contributed by atoms with Crippen molar-refractivity contribution in [2.24, 2.45) is 0 Å². The first-order valence-corrected chi connectivity index (χ1v) is 9.25. The number of rotatable bonds is 5. The lowest BCUT2D eigenvalue weighted by atomic mass is 10.1. The summed E-state index contributed by atoms with van der Waals surface area (Å²) in [6.07, 6.45) is 2.62. The molecule has 7 heteroatoms. The van der Waals surface area contributed by atoms with Gasteiger partial charge in [-0.15, -0.1) is 11.3 Å². The van der Waals surface area contributed by atoms with E-state index in [1.54, 1.807) is 17.5 Å². The highest BCUT2D eigenvalue weighted by Crippen LogP contribution is 2.27. The minimum atomic E-state index is -0.0419. The van der Waals surface area contributed by atoms with Crippen molar-refractivity contribution in [3.63, 3.8) is 0 Å². The Kier molecular flexibility index (Phi) is 4.87.